The summed E-state index contributed by atoms with van der Waals surface area (Å²) in [5, 5.41) is 3.40. The van der Waals surface area contributed by atoms with Crippen molar-refractivity contribution in [2.45, 2.75) is 37.1 Å². The summed E-state index contributed by atoms with van der Waals surface area (Å²) in [6.45, 7) is 7.06. The minimum Gasteiger partial charge on any atom is -0.316 e. The second kappa shape index (κ2) is 7.07. The highest BCUT2D eigenvalue weighted by Crippen LogP contribution is 2.27. The van der Waals surface area contributed by atoms with Crippen molar-refractivity contribution in [2.24, 2.45) is 5.41 Å². The van der Waals surface area contributed by atoms with Gasteiger partial charge in [0.05, 0.1) is 4.90 Å². The van der Waals surface area contributed by atoms with Gasteiger partial charge >= 0.3 is 0 Å². The van der Waals surface area contributed by atoms with Gasteiger partial charge < -0.3 is 10.2 Å². The molecule has 0 aliphatic carbocycles. The molecule has 1 aromatic carbocycles. The van der Waals surface area contributed by atoms with E-state index in [0.717, 1.165) is 51.5 Å². The van der Waals surface area contributed by atoms with Crippen LogP contribution in [-0.2, 0) is 10.0 Å². The van der Waals surface area contributed by atoms with E-state index in [4.69, 9.17) is 0 Å². The first-order valence-electron chi connectivity index (χ1n) is 8.57. The molecule has 0 amide bonds. The minimum atomic E-state index is -3.68. The Morgan fingerprint density at radius 2 is 2.29 bits per heavy atom. The van der Waals surface area contributed by atoms with E-state index in [9.17, 15) is 12.8 Å². The van der Waals surface area contributed by atoms with Gasteiger partial charge in [-0.15, -0.1) is 0 Å². The number of hydrogen-bond acceptors (Lipinski definition) is 4. The molecule has 134 valence electrons. The van der Waals surface area contributed by atoms with E-state index in [1.807, 2.05) is 0 Å². The van der Waals surface area contributed by atoms with E-state index in [1.165, 1.54) is 18.2 Å². The predicted octanol–water partition coefficient (Wildman–Crippen LogP) is 1.57. The number of rotatable bonds is 5. The van der Waals surface area contributed by atoms with E-state index in [0.29, 0.717) is 6.54 Å². The van der Waals surface area contributed by atoms with E-state index in [2.05, 4.69) is 21.9 Å². The lowest BCUT2D eigenvalue weighted by Crippen LogP contribution is -2.50. The van der Waals surface area contributed by atoms with Crippen molar-refractivity contribution in [3.63, 3.8) is 0 Å². The molecule has 2 unspecified atom stereocenters. The van der Waals surface area contributed by atoms with Crippen molar-refractivity contribution in [3.05, 3.63) is 30.1 Å². The highest BCUT2D eigenvalue weighted by molar-refractivity contribution is 7.89. The summed E-state index contributed by atoms with van der Waals surface area (Å²) in [5.41, 5.74) is 0.267. The van der Waals surface area contributed by atoms with Gasteiger partial charge in [-0.3, -0.25) is 0 Å². The van der Waals surface area contributed by atoms with Crippen LogP contribution in [0.4, 0.5) is 4.39 Å². The van der Waals surface area contributed by atoms with E-state index in [-0.39, 0.29) is 16.4 Å². The van der Waals surface area contributed by atoms with Gasteiger partial charge in [0, 0.05) is 25.7 Å². The average molecular weight is 355 g/mol. The maximum absolute atomic E-state index is 13.3. The Kier molecular flexibility index (Phi) is 5.24. The van der Waals surface area contributed by atoms with Gasteiger partial charge in [0.1, 0.15) is 5.82 Å². The quantitative estimate of drug-likeness (QED) is 0.842. The Morgan fingerprint density at radius 3 is 3.00 bits per heavy atom. The van der Waals surface area contributed by atoms with Gasteiger partial charge in [-0.2, -0.15) is 0 Å². The number of nitrogens with one attached hydrogen (secondary N) is 2. The van der Waals surface area contributed by atoms with Crippen molar-refractivity contribution in [3.8, 4) is 0 Å². The zero-order chi connectivity index (χ0) is 17.2. The van der Waals surface area contributed by atoms with Gasteiger partial charge in [-0.1, -0.05) is 13.0 Å². The molecule has 0 radical (unpaired) electrons. The largest absolute Gasteiger partial charge is 0.316 e. The van der Waals surface area contributed by atoms with Crippen LogP contribution in [0.25, 0.3) is 0 Å². The molecule has 2 saturated heterocycles. The molecule has 5 nitrogen and oxygen atoms in total. The third-order valence-corrected chi connectivity index (χ3v) is 6.51. The lowest BCUT2D eigenvalue weighted by Gasteiger charge is -2.37. The number of benzene rings is 1. The fourth-order valence-electron chi connectivity index (χ4n) is 3.76. The first-order valence-corrected chi connectivity index (χ1v) is 10.1. The topological polar surface area (TPSA) is 61.4 Å². The molecule has 1 aromatic rings. The van der Waals surface area contributed by atoms with E-state index >= 15 is 0 Å². The van der Waals surface area contributed by atoms with Crippen molar-refractivity contribution in [1.29, 1.82) is 0 Å². The Hall–Kier alpha value is -1.02. The highest BCUT2D eigenvalue weighted by Gasteiger charge is 2.33. The van der Waals surface area contributed by atoms with Crippen LogP contribution in [0.15, 0.2) is 29.2 Å². The van der Waals surface area contributed by atoms with Crippen molar-refractivity contribution >= 4 is 10.0 Å². The third kappa shape index (κ3) is 4.33. The first-order chi connectivity index (χ1) is 11.4. The average Bonchev–Trinajstić information content (AvgIpc) is 2.93. The van der Waals surface area contributed by atoms with Crippen LogP contribution < -0.4 is 10.0 Å². The van der Waals surface area contributed by atoms with Crippen molar-refractivity contribution in [1.82, 2.24) is 14.9 Å². The predicted molar refractivity (Wildman–Crippen MR) is 91.8 cm³/mol. The Morgan fingerprint density at radius 1 is 1.46 bits per heavy atom. The molecule has 2 aliphatic heterocycles. The van der Waals surface area contributed by atoms with Gasteiger partial charge in [0.2, 0.25) is 10.0 Å². The van der Waals surface area contributed by atoms with Crippen LogP contribution in [0, 0.1) is 11.2 Å². The standard InChI is InChI=1S/C17H26FN3O2S/c1-17(7-8-19-12-17)13-21-9-3-5-15(11-21)20-24(22,23)16-6-2-4-14(18)10-16/h2,4,6,10,15,19-20H,3,5,7-9,11-13H2,1H3. The molecule has 3 rings (SSSR count). The maximum atomic E-state index is 13.3. The van der Waals surface area contributed by atoms with Crippen LogP contribution in [0.5, 0.6) is 0 Å². The summed E-state index contributed by atoms with van der Waals surface area (Å²) in [6.07, 6.45) is 2.95. The Bertz CT molecular complexity index is 674. The first kappa shape index (κ1) is 17.8. The van der Waals surface area contributed by atoms with E-state index < -0.39 is 15.8 Å². The maximum Gasteiger partial charge on any atom is 0.240 e. The Balaban J connectivity index is 1.62. The number of hydrogen-bond donors (Lipinski definition) is 2. The molecule has 2 heterocycles. The zero-order valence-corrected chi connectivity index (χ0v) is 14.9. The molecule has 2 fully saturated rings. The SMILES string of the molecule is CC1(CN2CCCC(NS(=O)(=O)c3cccc(F)c3)C2)CCNC1. The summed E-state index contributed by atoms with van der Waals surface area (Å²) in [5.74, 6) is -0.537. The zero-order valence-electron chi connectivity index (χ0n) is 14.1. The van der Waals surface area contributed by atoms with Gasteiger partial charge in [0.15, 0.2) is 0 Å². The second-order valence-electron chi connectivity index (χ2n) is 7.39. The monoisotopic (exact) mass is 355 g/mol. The summed E-state index contributed by atoms with van der Waals surface area (Å²) < 4.78 is 41.0. The number of sulfonamides is 1. The molecule has 2 aliphatic rings. The third-order valence-electron chi connectivity index (χ3n) is 5.00. The van der Waals surface area contributed by atoms with E-state index in [1.54, 1.807) is 0 Å². The van der Waals surface area contributed by atoms with Gasteiger partial charge in [0.25, 0.3) is 0 Å². The number of likely N-dealkylation sites (tertiary alicyclic amines) is 1. The molecule has 2 N–H and O–H groups in total. The molecular formula is C17H26FN3O2S. The lowest BCUT2D eigenvalue weighted by atomic mass is 9.88. The van der Waals surface area contributed by atoms with Gasteiger partial charge in [-0.25, -0.2) is 17.5 Å². The fraction of sp³-hybridized carbons (Fsp3) is 0.647. The second-order valence-corrected chi connectivity index (χ2v) is 9.10. The molecule has 0 bridgehead atoms. The summed E-state index contributed by atoms with van der Waals surface area (Å²) in [7, 11) is -3.68. The number of nitrogens with zero attached hydrogens (tertiary/aromatic N) is 1. The molecule has 24 heavy (non-hydrogen) atoms. The van der Waals surface area contributed by atoms with Crippen LogP contribution >= 0.6 is 0 Å². The molecule has 7 heteroatoms. The highest BCUT2D eigenvalue weighted by atomic mass is 32.2. The minimum absolute atomic E-state index is 0.00780. The van der Waals surface area contributed by atoms with Crippen LogP contribution in [0.1, 0.15) is 26.2 Å². The molecular weight excluding hydrogens is 329 g/mol. The van der Waals surface area contributed by atoms with Crippen LogP contribution in [0.2, 0.25) is 0 Å². The fourth-order valence-corrected chi connectivity index (χ4v) is 5.05. The van der Waals surface area contributed by atoms with Crippen LogP contribution in [0.3, 0.4) is 0 Å². The lowest BCUT2D eigenvalue weighted by molar-refractivity contribution is 0.138. The molecule has 0 spiro atoms. The molecule has 2 atom stereocenters. The summed E-state index contributed by atoms with van der Waals surface area (Å²) >= 11 is 0. The normalized spacial score (nSPS) is 29.0. The summed E-state index contributed by atoms with van der Waals surface area (Å²) in [4.78, 5) is 2.35. The van der Waals surface area contributed by atoms with Gasteiger partial charge in [-0.05, 0) is 56.0 Å². The summed E-state index contributed by atoms with van der Waals surface area (Å²) in [6, 6.07) is 5.04. The number of halogens is 1. The van der Waals surface area contributed by atoms with Crippen molar-refractivity contribution in [2.75, 3.05) is 32.7 Å². The van der Waals surface area contributed by atoms with Crippen LogP contribution in [-0.4, -0.2) is 52.1 Å². The smallest absolute Gasteiger partial charge is 0.240 e. The Labute approximate surface area is 143 Å². The number of piperidine rings is 1. The molecule has 0 saturated carbocycles. The molecule has 0 aromatic heterocycles. The van der Waals surface area contributed by atoms with Crippen molar-refractivity contribution < 1.29 is 12.8 Å².